The molecule has 4 aromatic rings. The Kier molecular flexibility index (Phi) is 9.72. The number of anilines is 2. The Hall–Kier alpha value is -4.24. The van der Waals surface area contributed by atoms with Gasteiger partial charge in [0.1, 0.15) is 12.6 Å². The van der Waals surface area contributed by atoms with Crippen LogP contribution in [0.2, 0.25) is 0 Å². The zero-order valence-corrected chi connectivity index (χ0v) is 26.3. The number of aromatic nitrogens is 3. The van der Waals surface area contributed by atoms with E-state index in [1.807, 2.05) is 80.1 Å². The maximum atomic E-state index is 13.9. The van der Waals surface area contributed by atoms with Gasteiger partial charge in [-0.1, -0.05) is 73.1 Å². The van der Waals surface area contributed by atoms with Gasteiger partial charge in [-0.3, -0.25) is 4.79 Å². The second-order valence-corrected chi connectivity index (χ2v) is 11.7. The molecule has 0 aliphatic carbocycles. The fourth-order valence-electron chi connectivity index (χ4n) is 5.07. The Balaban J connectivity index is 1.52. The molecule has 1 aliphatic rings. The van der Waals surface area contributed by atoms with Gasteiger partial charge in [0.2, 0.25) is 11.1 Å². The van der Waals surface area contributed by atoms with Gasteiger partial charge in [-0.25, -0.2) is 4.68 Å². The van der Waals surface area contributed by atoms with E-state index in [4.69, 9.17) is 19.6 Å². The quantitative estimate of drug-likeness (QED) is 0.128. The first-order valence-electron chi connectivity index (χ1n) is 14.8. The largest absolute Gasteiger partial charge is 0.490 e. The molecule has 5 rings (SSSR count). The summed E-state index contributed by atoms with van der Waals surface area (Å²) in [5.74, 6) is 2.58. The Morgan fingerprint density at radius 3 is 2.51 bits per heavy atom. The maximum Gasteiger partial charge on any atom is 0.255 e. The van der Waals surface area contributed by atoms with E-state index in [-0.39, 0.29) is 5.91 Å². The van der Waals surface area contributed by atoms with Crippen molar-refractivity contribution in [3.8, 4) is 11.5 Å². The highest BCUT2D eigenvalue weighted by Crippen LogP contribution is 2.40. The second kappa shape index (κ2) is 13.8. The van der Waals surface area contributed by atoms with Crippen molar-refractivity contribution in [1.82, 2.24) is 14.8 Å². The summed E-state index contributed by atoms with van der Waals surface area (Å²) >= 11 is 1.62. The monoisotopic (exact) mass is 597 g/mol. The fourth-order valence-corrected chi connectivity index (χ4v) is 5.98. The van der Waals surface area contributed by atoms with Gasteiger partial charge in [-0.15, -0.1) is 5.10 Å². The summed E-state index contributed by atoms with van der Waals surface area (Å²) < 4.78 is 14.1. The lowest BCUT2D eigenvalue weighted by Gasteiger charge is -2.29. The molecule has 2 heterocycles. The highest BCUT2D eigenvalue weighted by molar-refractivity contribution is 7.99. The minimum absolute atomic E-state index is 0.209. The molecule has 0 fully saturated rings. The number of aryl methyl sites for hydroxylation is 2. The van der Waals surface area contributed by atoms with Crippen LogP contribution in [-0.2, 0) is 11.4 Å². The molecule has 1 unspecified atom stereocenters. The van der Waals surface area contributed by atoms with Crippen molar-refractivity contribution in [2.75, 3.05) is 23.0 Å². The van der Waals surface area contributed by atoms with Gasteiger partial charge in [-0.05, 0) is 75.1 Å². The smallest absolute Gasteiger partial charge is 0.255 e. The number of allylic oxidation sites excluding steroid dienone is 1. The molecule has 224 valence electrons. The van der Waals surface area contributed by atoms with Crippen molar-refractivity contribution >= 4 is 29.3 Å². The first-order valence-corrected chi connectivity index (χ1v) is 15.7. The van der Waals surface area contributed by atoms with E-state index in [1.54, 1.807) is 11.8 Å². The predicted octanol–water partition coefficient (Wildman–Crippen LogP) is 7.69. The number of nitrogens with zero attached hydrogens (tertiary/aromatic N) is 3. The van der Waals surface area contributed by atoms with Crippen LogP contribution in [0.4, 0.5) is 11.6 Å². The summed E-state index contributed by atoms with van der Waals surface area (Å²) in [5, 5.41) is 12.0. The topological polar surface area (TPSA) is 90.3 Å². The molecule has 8 nitrogen and oxygen atoms in total. The average molecular weight is 598 g/mol. The Morgan fingerprint density at radius 2 is 1.77 bits per heavy atom. The standard InChI is InChI=1S/C34H39N5O3S/c1-6-8-17-43-34-37-33-35-24(5)30(32(40)36-27-14-10-12-23(4)19-27)31(39(33)38-34)26-15-16-28(29(20-26)41-7-2)42-21-25-13-9-11-22(3)18-25/h9-16,18-20,31H,6-8,17,21H2,1-5H3,(H,36,40)(H,35,37,38). The van der Waals surface area contributed by atoms with Gasteiger partial charge in [0.25, 0.3) is 5.91 Å². The van der Waals surface area contributed by atoms with Crippen LogP contribution < -0.4 is 20.1 Å². The van der Waals surface area contributed by atoms with E-state index in [0.29, 0.717) is 41.4 Å². The Morgan fingerprint density at radius 1 is 0.977 bits per heavy atom. The molecule has 2 N–H and O–H groups in total. The molecule has 1 aliphatic heterocycles. The molecule has 9 heteroatoms. The number of carbonyl (C=O) groups excluding carboxylic acids is 1. The zero-order valence-electron chi connectivity index (χ0n) is 25.4. The van der Waals surface area contributed by atoms with Gasteiger partial charge >= 0.3 is 0 Å². The molecule has 1 amide bonds. The molecule has 0 radical (unpaired) electrons. The van der Waals surface area contributed by atoms with Crippen LogP contribution in [0.25, 0.3) is 0 Å². The molecule has 0 bridgehead atoms. The third kappa shape index (κ3) is 7.22. The van der Waals surface area contributed by atoms with Gasteiger partial charge in [0, 0.05) is 17.1 Å². The molecule has 43 heavy (non-hydrogen) atoms. The minimum atomic E-state index is -0.529. The summed E-state index contributed by atoms with van der Waals surface area (Å²) in [5.41, 5.74) is 6.19. The van der Waals surface area contributed by atoms with Crippen LogP contribution in [0.3, 0.4) is 0 Å². The summed E-state index contributed by atoms with van der Waals surface area (Å²) in [6, 6.07) is 21.3. The Labute approximate surface area is 257 Å². The molecular weight excluding hydrogens is 558 g/mol. The number of hydrogen-bond acceptors (Lipinski definition) is 7. The summed E-state index contributed by atoms with van der Waals surface area (Å²) in [4.78, 5) is 18.7. The number of nitrogens with one attached hydrogen (secondary N) is 2. The molecule has 1 aromatic heterocycles. The fraction of sp³-hybridized carbons (Fsp3) is 0.324. The maximum absolute atomic E-state index is 13.9. The van der Waals surface area contributed by atoms with Crippen LogP contribution in [0, 0.1) is 13.8 Å². The van der Waals surface area contributed by atoms with Crippen molar-refractivity contribution < 1.29 is 14.3 Å². The lowest BCUT2D eigenvalue weighted by molar-refractivity contribution is -0.113. The van der Waals surface area contributed by atoms with E-state index in [2.05, 4.69) is 36.6 Å². The van der Waals surface area contributed by atoms with E-state index < -0.39 is 6.04 Å². The van der Waals surface area contributed by atoms with Gasteiger partial charge in [0.05, 0.1) is 12.2 Å². The second-order valence-electron chi connectivity index (χ2n) is 10.7. The van der Waals surface area contributed by atoms with Crippen molar-refractivity contribution in [1.29, 1.82) is 0 Å². The highest BCUT2D eigenvalue weighted by Gasteiger charge is 2.35. The summed E-state index contributed by atoms with van der Waals surface area (Å²) in [7, 11) is 0. The Bertz CT molecular complexity index is 1630. The lowest BCUT2D eigenvalue weighted by Crippen LogP contribution is -2.31. The number of amides is 1. The lowest BCUT2D eigenvalue weighted by atomic mass is 9.94. The predicted molar refractivity (Wildman–Crippen MR) is 173 cm³/mol. The van der Waals surface area contributed by atoms with Crippen molar-refractivity contribution in [2.24, 2.45) is 0 Å². The molecule has 0 saturated heterocycles. The van der Waals surface area contributed by atoms with E-state index in [9.17, 15) is 4.79 Å². The van der Waals surface area contributed by atoms with Crippen molar-refractivity contribution in [2.45, 2.75) is 65.3 Å². The first-order chi connectivity index (χ1) is 20.9. The number of fused-ring (bicyclic) bond motifs is 1. The van der Waals surface area contributed by atoms with Crippen molar-refractivity contribution in [3.63, 3.8) is 0 Å². The number of unbranched alkanes of at least 4 members (excludes halogenated alkanes) is 1. The molecular formula is C34H39N5O3S. The number of carbonyl (C=O) groups is 1. The van der Waals surface area contributed by atoms with Gasteiger partial charge < -0.3 is 20.1 Å². The average Bonchev–Trinajstić information content (AvgIpc) is 3.38. The molecule has 0 saturated carbocycles. The number of ether oxygens (including phenoxy) is 2. The van der Waals surface area contributed by atoms with Crippen LogP contribution >= 0.6 is 11.8 Å². The van der Waals surface area contributed by atoms with E-state index in [0.717, 1.165) is 46.7 Å². The van der Waals surface area contributed by atoms with Crippen molar-refractivity contribution in [3.05, 3.63) is 100 Å². The van der Waals surface area contributed by atoms with Gasteiger partial charge in [-0.2, -0.15) is 4.98 Å². The van der Waals surface area contributed by atoms with E-state index in [1.165, 1.54) is 5.56 Å². The third-order valence-electron chi connectivity index (χ3n) is 7.14. The number of benzene rings is 3. The number of rotatable bonds is 12. The first kappa shape index (κ1) is 30.2. The van der Waals surface area contributed by atoms with Gasteiger partial charge in [0.15, 0.2) is 11.5 Å². The zero-order chi connectivity index (χ0) is 30.3. The third-order valence-corrected chi connectivity index (χ3v) is 8.07. The van der Waals surface area contributed by atoms with Crippen LogP contribution in [0.1, 0.15) is 61.9 Å². The number of hydrogen-bond donors (Lipinski definition) is 2. The highest BCUT2D eigenvalue weighted by atomic mass is 32.2. The van der Waals surface area contributed by atoms with Crippen LogP contribution in [0.5, 0.6) is 11.5 Å². The van der Waals surface area contributed by atoms with Crippen LogP contribution in [0.15, 0.2) is 83.2 Å². The molecule has 0 spiro atoms. The van der Waals surface area contributed by atoms with E-state index >= 15 is 0 Å². The summed E-state index contributed by atoms with van der Waals surface area (Å²) in [6.45, 7) is 11.0. The van der Waals surface area contributed by atoms with Crippen LogP contribution in [-0.4, -0.2) is 33.0 Å². The SMILES string of the molecule is CCCCSc1nc2n(n1)C(c1ccc(OCc3cccc(C)c3)c(OCC)c1)C(C(=O)Nc1cccc(C)c1)=C(C)N2. The normalized spacial score (nSPS) is 14.2. The molecule has 1 atom stereocenters. The summed E-state index contributed by atoms with van der Waals surface area (Å²) in [6.07, 6.45) is 2.18. The number of thioether (sulfide) groups is 1. The molecule has 3 aromatic carbocycles. The minimum Gasteiger partial charge on any atom is -0.490 e.